The molecule has 0 saturated heterocycles. The van der Waals surface area contributed by atoms with E-state index in [0.29, 0.717) is 20.6 Å². The fraction of sp³-hybridized carbons (Fsp3) is 0.176. The van der Waals surface area contributed by atoms with Gasteiger partial charge in [0, 0.05) is 0 Å². The van der Waals surface area contributed by atoms with E-state index >= 15 is 0 Å². The van der Waals surface area contributed by atoms with Crippen LogP contribution in [0.25, 0.3) is 10.2 Å². The molecule has 0 aliphatic rings. The van der Waals surface area contributed by atoms with Crippen molar-refractivity contribution in [2.75, 3.05) is 0 Å². The Labute approximate surface area is 146 Å². The molecule has 116 valence electrons. The summed E-state index contributed by atoms with van der Waals surface area (Å²) in [7, 11) is 0. The normalized spacial score (nSPS) is 11.8. The number of benzene rings is 1. The number of fused-ring (bicyclic) bond motifs is 1. The number of halogens is 1. The number of rotatable bonds is 2. The molecule has 2 aromatic heterocycles. The number of amides is 1. The first-order valence-corrected chi connectivity index (χ1v) is 8.89. The first-order chi connectivity index (χ1) is 11.0. The van der Waals surface area contributed by atoms with Crippen molar-refractivity contribution in [2.24, 2.45) is 4.99 Å². The molecule has 6 heteroatoms. The average molecular weight is 361 g/mol. The van der Waals surface area contributed by atoms with Gasteiger partial charge in [-0.15, -0.1) is 17.8 Å². The van der Waals surface area contributed by atoms with Gasteiger partial charge in [-0.25, -0.2) is 0 Å². The molecule has 0 bridgehead atoms. The number of terminal acetylenes is 1. The van der Waals surface area contributed by atoms with Gasteiger partial charge in [-0.3, -0.25) is 4.79 Å². The summed E-state index contributed by atoms with van der Waals surface area (Å²) in [6.07, 6.45) is 5.50. The first kappa shape index (κ1) is 16.0. The van der Waals surface area contributed by atoms with Crippen LogP contribution in [0.4, 0.5) is 0 Å². The van der Waals surface area contributed by atoms with Gasteiger partial charge in [-0.2, -0.15) is 4.99 Å². The third kappa shape index (κ3) is 3.11. The number of thiophene rings is 1. The van der Waals surface area contributed by atoms with Gasteiger partial charge in [0.2, 0.25) is 0 Å². The highest BCUT2D eigenvalue weighted by Gasteiger charge is 2.12. The van der Waals surface area contributed by atoms with Crippen LogP contribution in [0.5, 0.6) is 0 Å². The second kappa shape index (κ2) is 6.32. The lowest BCUT2D eigenvalue weighted by Crippen LogP contribution is -2.16. The molecule has 1 aromatic carbocycles. The molecule has 0 atom stereocenters. The first-order valence-electron chi connectivity index (χ1n) is 6.88. The van der Waals surface area contributed by atoms with Gasteiger partial charge >= 0.3 is 0 Å². The van der Waals surface area contributed by atoms with E-state index in [1.807, 2.05) is 18.4 Å². The Morgan fingerprint density at radius 3 is 2.78 bits per heavy atom. The molecule has 0 unspecified atom stereocenters. The fourth-order valence-corrected chi connectivity index (χ4v) is 4.62. The summed E-state index contributed by atoms with van der Waals surface area (Å²) in [5.74, 6) is 2.34. The van der Waals surface area contributed by atoms with Crippen LogP contribution in [-0.4, -0.2) is 10.5 Å². The highest BCUT2D eigenvalue weighted by Crippen LogP contribution is 2.24. The Morgan fingerprint density at radius 1 is 1.35 bits per heavy atom. The molecular weight excluding hydrogens is 348 g/mol. The summed E-state index contributed by atoms with van der Waals surface area (Å²) in [6.45, 7) is 4.47. The molecule has 3 rings (SSSR count). The monoisotopic (exact) mass is 360 g/mol. The lowest BCUT2D eigenvalue weighted by molar-refractivity contribution is 0.100. The van der Waals surface area contributed by atoms with Gasteiger partial charge < -0.3 is 4.57 Å². The van der Waals surface area contributed by atoms with E-state index in [1.54, 1.807) is 12.1 Å². The van der Waals surface area contributed by atoms with E-state index < -0.39 is 0 Å². The number of nitrogens with zero attached hydrogens (tertiary/aromatic N) is 2. The van der Waals surface area contributed by atoms with Crippen LogP contribution in [-0.2, 0) is 6.54 Å². The Bertz CT molecular complexity index is 1020. The van der Waals surface area contributed by atoms with Crippen LogP contribution in [0, 0.1) is 26.2 Å². The summed E-state index contributed by atoms with van der Waals surface area (Å²) >= 11 is 8.58. The summed E-state index contributed by atoms with van der Waals surface area (Å²) < 4.78 is 3.57. The Morgan fingerprint density at radius 2 is 2.13 bits per heavy atom. The van der Waals surface area contributed by atoms with Crippen molar-refractivity contribution in [1.82, 2.24) is 4.57 Å². The largest absolute Gasteiger partial charge is 0.304 e. The van der Waals surface area contributed by atoms with Gasteiger partial charge in [-0.05, 0) is 43.2 Å². The van der Waals surface area contributed by atoms with Gasteiger partial charge in [0.25, 0.3) is 5.91 Å². The average Bonchev–Trinajstić information content (AvgIpc) is 3.04. The molecule has 2 heterocycles. The summed E-state index contributed by atoms with van der Waals surface area (Å²) in [6, 6.07) is 7.58. The lowest BCUT2D eigenvalue weighted by atomic mass is 10.1. The van der Waals surface area contributed by atoms with Gasteiger partial charge in [0.05, 0.1) is 26.0 Å². The molecular formula is C17H13ClN2OS2. The van der Waals surface area contributed by atoms with Crippen LogP contribution in [0.3, 0.4) is 0 Å². The summed E-state index contributed by atoms with van der Waals surface area (Å²) in [4.78, 5) is 17.7. The van der Waals surface area contributed by atoms with Crippen molar-refractivity contribution < 1.29 is 4.79 Å². The molecule has 1 amide bonds. The van der Waals surface area contributed by atoms with E-state index in [1.165, 1.54) is 28.2 Å². The smallest absolute Gasteiger partial charge is 0.289 e. The molecule has 0 spiro atoms. The highest BCUT2D eigenvalue weighted by atomic mass is 35.5. The highest BCUT2D eigenvalue weighted by molar-refractivity contribution is 7.18. The molecule has 23 heavy (non-hydrogen) atoms. The topological polar surface area (TPSA) is 34.4 Å². The maximum Gasteiger partial charge on any atom is 0.289 e. The third-order valence-corrected chi connectivity index (χ3v) is 5.59. The Kier molecular flexibility index (Phi) is 4.40. The standard InChI is InChI=1S/C17H13ClN2OS2/c1-4-7-20-15-11(3)8-10(2)9-13(15)23-17(20)19-16(21)12-5-6-14(18)22-12/h1,5-6,8-9H,7H2,2-3H3. The Balaban J connectivity index is 2.22. The van der Waals surface area contributed by atoms with Crippen molar-refractivity contribution in [3.8, 4) is 12.3 Å². The number of hydrogen-bond donors (Lipinski definition) is 0. The number of carbonyl (C=O) groups is 1. The van der Waals surface area contributed by atoms with Crippen molar-refractivity contribution in [3.63, 3.8) is 0 Å². The van der Waals surface area contributed by atoms with Gasteiger partial charge in [-0.1, -0.05) is 34.9 Å². The number of hydrogen-bond acceptors (Lipinski definition) is 3. The Hall–Kier alpha value is -1.87. The number of aromatic nitrogens is 1. The minimum atomic E-state index is -0.298. The fourth-order valence-electron chi connectivity index (χ4n) is 2.49. The zero-order valence-corrected chi connectivity index (χ0v) is 15.0. The summed E-state index contributed by atoms with van der Waals surface area (Å²) in [5.41, 5.74) is 3.33. The van der Waals surface area contributed by atoms with Gasteiger partial charge in [0.1, 0.15) is 0 Å². The van der Waals surface area contributed by atoms with Crippen LogP contribution >= 0.6 is 34.3 Å². The molecule has 3 aromatic rings. The van der Waals surface area contributed by atoms with Crippen molar-refractivity contribution in [2.45, 2.75) is 20.4 Å². The van der Waals surface area contributed by atoms with Crippen LogP contribution < -0.4 is 4.80 Å². The molecule has 0 fully saturated rings. The maximum absolute atomic E-state index is 12.3. The number of aryl methyl sites for hydroxylation is 2. The van der Waals surface area contributed by atoms with E-state index in [9.17, 15) is 4.79 Å². The predicted molar refractivity (Wildman–Crippen MR) is 97.3 cm³/mol. The van der Waals surface area contributed by atoms with Crippen LogP contribution in [0.1, 0.15) is 20.8 Å². The maximum atomic E-state index is 12.3. The predicted octanol–water partition coefficient (Wildman–Crippen LogP) is 4.41. The van der Waals surface area contributed by atoms with E-state index in [4.69, 9.17) is 18.0 Å². The molecule has 0 aliphatic heterocycles. The summed E-state index contributed by atoms with van der Waals surface area (Å²) in [5, 5.41) is 0. The van der Waals surface area contributed by atoms with Crippen molar-refractivity contribution in [1.29, 1.82) is 0 Å². The second-order valence-corrected chi connectivity index (χ2v) is 7.85. The van der Waals surface area contributed by atoms with Crippen molar-refractivity contribution >= 4 is 50.4 Å². The zero-order chi connectivity index (χ0) is 16.6. The third-order valence-electron chi connectivity index (χ3n) is 3.34. The molecule has 0 radical (unpaired) electrons. The quantitative estimate of drug-likeness (QED) is 0.623. The molecule has 0 saturated carbocycles. The van der Waals surface area contributed by atoms with E-state index in [-0.39, 0.29) is 5.91 Å². The SMILES string of the molecule is C#CCn1c(=NC(=O)c2ccc(Cl)s2)sc2cc(C)cc(C)c21. The van der Waals surface area contributed by atoms with E-state index in [0.717, 1.165) is 15.8 Å². The molecule has 0 aliphatic carbocycles. The van der Waals surface area contributed by atoms with Crippen LogP contribution in [0.2, 0.25) is 4.34 Å². The van der Waals surface area contributed by atoms with Crippen LogP contribution in [0.15, 0.2) is 29.3 Å². The minimum absolute atomic E-state index is 0.298. The van der Waals surface area contributed by atoms with E-state index in [2.05, 4.69) is 23.0 Å². The minimum Gasteiger partial charge on any atom is -0.304 e. The lowest BCUT2D eigenvalue weighted by Gasteiger charge is -2.04. The zero-order valence-electron chi connectivity index (χ0n) is 12.6. The molecule has 0 N–H and O–H groups in total. The van der Waals surface area contributed by atoms with Crippen molar-refractivity contribution in [3.05, 3.63) is 49.4 Å². The number of thiazole rings is 1. The van der Waals surface area contributed by atoms with Gasteiger partial charge in [0.15, 0.2) is 4.80 Å². The molecule has 3 nitrogen and oxygen atoms in total. The second-order valence-electron chi connectivity index (χ2n) is 5.12. The number of carbonyl (C=O) groups excluding carboxylic acids is 1.